The molecule has 0 aromatic rings. The Balaban J connectivity index is 0.000000561. The van der Waals surface area contributed by atoms with Crippen LogP contribution in [0.3, 0.4) is 0 Å². The van der Waals surface area contributed by atoms with E-state index in [9.17, 15) is 0 Å². The largest absolute Gasteiger partial charge is 0.487 e. The minimum Gasteiger partial charge on any atom is -0.487 e. The molecule has 3 heteroatoms. The molecule has 2 nitrogen and oxygen atoms in total. The van der Waals surface area contributed by atoms with Gasteiger partial charge in [-0.25, -0.2) is 0 Å². The monoisotopic (exact) mass is 187 g/mol. The van der Waals surface area contributed by atoms with Crippen LogP contribution in [0.25, 0.3) is 0 Å². The number of rotatable bonds is 1. The van der Waals surface area contributed by atoms with Gasteiger partial charge in [0.2, 0.25) is 0 Å². The van der Waals surface area contributed by atoms with Crippen molar-refractivity contribution in [2.24, 2.45) is 0 Å². The summed E-state index contributed by atoms with van der Waals surface area (Å²) < 4.78 is 8.26. The van der Waals surface area contributed by atoms with Gasteiger partial charge in [-0.2, -0.15) is 0 Å². The van der Waals surface area contributed by atoms with E-state index in [1.54, 1.807) is 18.2 Å². The Bertz CT molecular complexity index is 175. The molecule has 0 atom stereocenters. The van der Waals surface area contributed by atoms with Crippen LogP contribution in [0.15, 0.2) is 23.6 Å². The molecule has 0 aromatic carbocycles. The molecule has 1 N–H and O–H groups in total. The molecule has 0 amide bonds. The number of ether oxygens (including phenoxy) is 1. The number of nitrogens with one attached hydrogen (secondary N) is 1. The second-order valence-electron chi connectivity index (χ2n) is 2.03. The number of hydrogen-bond acceptors (Lipinski definition) is 3. The molecule has 1 rings (SSSR count). The third-order valence-corrected chi connectivity index (χ3v) is 1.99. The van der Waals surface area contributed by atoms with Crippen molar-refractivity contribution in [2.45, 2.75) is 27.7 Å². The van der Waals surface area contributed by atoms with E-state index in [1.165, 1.54) is 5.57 Å². The zero-order chi connectivity index (χ0) is 9.40. The fourth-order valence-electron chi connectivity index (χ4n) is 0.612. The molecule has 12 heavy (non-hydrogen) atoms. The van der Waals surface area contributed by atoms with E-state index in [-0.39, 0.29) is 0 Å². The summed E-state index contributed by atoms with van der Waals surface area (Å²) in [5.74, 6) is 0.695. The van der Waals surface area contributed by atoms with E-state index in [1.807, 2.05) is 33.8 Å². The SMILES string of the molecule is C/C=C(\C)C1=COCSN1.CC. The molecular weight excluding hydrogens is 170 g/mol. The number of allylic oxidation sites excluding steroid dienone is 2. The highest BCUT2D eigenvalue weighted by atomic mass is 32.2. The molecule has 0 saturated carbocycles. The highest BCUT2D eigenvalue weighted by Crippen LogP contribution is 2.14. The lowest BCUT2D eigenvalue weighted by Gasteiger charge is -2.14. The quantitative estimate of drug-likeness (QED) is 0.637. The van der Waals surface area contributed by atoms with Crippen LogP contribution in [0.5, 0.6) is 0 Å². The minimum absolute atomic E-state index is 0.695. The lowest BCUT2D eigenvalue weighted by atomic mass is 10.2. The average Bonchev–Trinajstić information content (AvgIpc) is 2.21. The summed E-state index contributed by atoms with van der Waals surface area (Å²) in [6, 6.07) is 0. The van der Waals surface area contributed by atoms with Crippen molar-refractivity contribution < 1.29 is 4.74 Å². The van der Waals surface area contributed by atoms with Crippen molar-refractivity contribution in [1.29, 1.82) is 0 Å². The molecular formula is C9H17NOS. The highest BCUT2D eigenvalue weighted by Gasteiger charge is 2.03. The van der Waals surface area contributed by atoms with E-state index >= 15 is 0 Å². The molecule has 0 bridgehead atoms. The lowest BCUT2D eigenvalue weighted by molar-refractivity contribution is 0.307. The van der Waals surface area contributed by atoms with Crippen molar-refractivity contribution in [2.75, 3.05) is 5.94 Å². The Kier molecular flexibility index (Phi) is 6.76. The zero-order valence-corrected chi connectivity index (χ0v) is 8.99. The highest BCUT2D eigenvalue weighted by molar-refractivity contribution is 7.97. The van der Waals surface area contributed by atoms with E-state index in [4.69, 9.17) is 4.74 Å². The van der Waals surface area contributed by atoms with Gasteiger partial charge in [-0.15, -0.1) is 0 Å². The molecule has 0 unspecified atom stereocenters. The van der Waals surface area contributed by atoms with E-state index in [0.717, 1.165) is 5.70 Å². The maximum atomic E-state index is 5.10. The van der Waals surface area contributed by atoms with Crippen LogP contribution < -0.4 is 4.72 Å². The van der Waals surface area contributed by atoms with Crippen molar-refractivity contribution in [3.05, 3.63) is 23.6 Å². The van der Waals surface area contributed by atoms with Gasteiger partial charge in [0.15, 0.2) is 5.94 Å². The Morgan fingerprint density at radius 1 is 1.67 bits per heavy atom. The Morgan fingerprint density at radius 2 is 2.33 bits per heavy atom. The molecule has 0 fully saturated rings. The van der Waals surface area contributed by atoms with Crippen molar-refractivity contribution in [1.82, 2.24) is 4.72 Å². The van der Waals surface area contributed by atoms with Gasteiger partial charge in [0.05, 0.1) is 5.70 Å². The summed E-state index contributed by atoms with van der Waals surface area (Å²) in [6.07, 6.45) is 3.81. The second kappa shape index (κ2) is 7.10. The predicted molar refractivity (Wildman–Crippen MR) is 55.5 cm³/mol. The molecule has 0 aliphatic carbocycles. The maximum absolute atomic E-state index is 5.10. The summed E-state index contributed by atoms with van der Waals surface area (Å²) in [7, 11) is 0. The molecule has 1 aliphatic rings. The van der Waals surface area contributed by atoms with Gasteiger partial charge in [-0.05, 0) is 31.4 Å². The number of hydrogen-bond donors (Lipinski definition) is 1. The van der Waals surface area contributed by atoms with Crippen LogP contribution in [-0.4, -0.2) is 5.94 Å². The van der Waals surface area contributed by atoms with Gasteiger partial charge in [-0.3, -0.25) is 0 Å². The Morgan fingerprint density at radius 3 is 2.75 bits per heavy atom. The normalized spacial score (nSPS) is 16.3. The van der Waals surface area contributed by atoms with Crippen LogP contribution in [-0.2, 0) is 4.74 Å². The van der Waals surface area contributed by atoms with Gasteiger partial charge in [0.1, 0.15) is 6.26 Å². The average molecular weight is 187 g/mol. The predicted octanol–water partition coefficient (Wildman–Crippen LogP) is 3.05. The zero-order valence-electron chi connectivity index (χ0n) is 8.18. The first-order chi connectivity index (χ1) is 5.84. The van der Waals surface area contributed by atoms with Crippen molar-refractivity contribution in [3.8, 4) is 0 Å². The second-order valence-corrected chi connectivity index (χ2v) is 2.76. The molecule has 0 radical (unpaired) electrons. The van der Waals surface area contributed by atoms with E-state index in [2.05, 4.69) is 4.72 Å². The summed E-state index contributed by atoms with van der Waals surface area (Å²) in [5, 5.41) is 0. The lowest BCUT2D eigenvalue weighted by Crippen LogP contribution is -2.11. The van der Waals surface area contributed by atoms with Gasteiger partial charge in [0, 0.05) is 0 Å². The third kappa shape index (κ3) is 3.72. The van der Waals surface area contributed by atoms with Gasteiger partial charge < -0.3 is 9.46 Å². The Labute approximate surface area is 79.2 Å². The third-order valence-electron chi connectivity index (χ3n) is 1.37. The summed E-state index contributed by atoms with van der Waals surface area (Å²) >= 11 is 1.57. The van der Waals surface area contributed by atoms with Crippen LogP contribution in [0.1, 0.15) is 27.7 Å². The molecule has 70 valence electrons. The van der Waals surface area contributed by atoms with Crippen LogP contribution >= 0.6 is 11.9 Å². The van der Waals surface area contributed by atoms with Crippen LogP contribution in [0, 0.1) is 0 Å². The van der Waals surface area contributed by atoms with Crippen molar-refractivity contribution in [3.63, 3.8) is 0 Å². The smallest absolute Gasteiger partial charge is 0.152 e. The minimum atomic E-state index is 0.695. The summed E-state index contributed by atoms with van der Waals surface area (Å²) in [4.78, 5) is 0. The van der Waals surface area contributed by atoms with Crippen LogP contribution in [0.2, 0.25) is 0 Å². The maximum Gasteiger partial charge on any atom is 0.152 e. The molecule has 0 spiro atoms. The fourth-order valence-corrected chi connectivity index (χ4v) is 1.17. The first kappa shape index (κ1) is 11.4. The van der Waals surface area contributed by atoms with E-state index < -0.39 is 0 Å². The molecule has 0 saturated heterocycles. The fraction of sp³-hybridized carbons (Fsp3) is 0.556. The van der Waals surface area contributed by atoms with Crippen LogP contribution in [0.4, 0.5) is 0 Å². The first-order valence-electron chi connectivity index (χ1n) is 4.17. The first-order valence-corrected chi connectivity index (χ1v) is 5.16. The summed E-state index contributed by atoms with van der Waals surface area (Å²) in [5.41, 5.74) is 2.28. The van der Waals surface area contributed by atoms with Gasteiger partial charge in [-0.1, -0.05) is 19.9 Å². The molecule has 1 aliphatic heterocycles. The molecule has 0 aromatic heterocycles. The van der Waals surface area contributed by atoms with E-state index in [0.29, 0.717) is 5.94 Å². The summed E-state index contributed by atoms with van der Waals surface area (Å²) in [6.45, 7) is 8.06. The topological polar surface area (TPSA) is 21.3 Å². The van der Waals surface area contributed by atoms with Gasteiger partial charge >= 0.3 is 0 Å². The standard InChI is InChI=1S/C7H11NOS.C2H6/c1-3-6(2)7-4-9-5-10-8-7;1-2/h3-4,8H,5H2,1-2H3;1-2H3/b6-3+;. The van der Waals surface area contributed by atoms with Gasteiger partial charge in [0.25, 0.3) is 0 Å². The molecule has 1 heterocycles. The van der Waals surface area contributed by atoms with Crippen molar-refractivity contribution >= 4 is 11.9 Å². The Hall–Kier alpha value is -0.570.